The molecule has 2 fully saturated rings. The molecule has 5 atom stereocenters. The minimum absolute atomic E-state index is 0.290. The summed E-state index contributed by atoms with van der Waals surface area (Å²) in [5.74, 6) is -0.736. The van der Waals surface area contributed by atoms with Crippen molar-refractivity contribution in [3.8, 4) is 16.5 Å². The van der Waals surface area contributed by atoms with Gasteiger partial charge in [0.15, 0.2) is 11.2 Å². The molecule has 5 rings (SSSR count). The van der Waals surface area contributed by atoms with E-state index in [1.165, 1.54) is 23.9 Å². The van der Waals surface area contributed by atoms with Crippen molar-refractivity contribution in [2.24, 2.45) is 5.92 Å². The summed E-state index contributed by atoms with van der Waals surface area (Å²) in [4.78, 5) is 5.85. The lowest BCUT2D eigenvalue weighted by Crippen LogP contribution is -2.56. The average Bonchev–Trinajstić information content (AvgIpc) is 3.48. The summed E-state index contributed by atoms with van der Waals surface area (Å²) in [6, 6.07) is 18.3. The number of allylic oxidation sites excluding steroid dienone is 2. The summed E-state index contributed by atoms with van der Waals surface area (Å²) in [6.45, 7) is 6.76. The quantitative estimate of drug-likeness (QED) is 0.296. The van der Waals surface area contributed by atoms with Crippen molar-refractivity contribution in [2.45, 2.75) is 38.4 Å². The SMILES string of the molecule is C/C(=C(/C#N)S(=O)(=O)NC[C@H]1OC(O)[C@H](C)[C@@H](O)[C@@H]1O)c1ccc(-c2ccc3cc(N4CCN(C)CC4)ccc3c2)s1. The number of aliphatic hydroxyl groups is 3. The van der Waals surface area contributed by atoms with E-state index in [4.69, 9.17) is 4.74 Å². The molecule has 12 heteroatoms. The Kier molecular flexibility index (Phi) is 9.03. The maximum atomic E-state index is 13.1. The van der Waals surface area contributed by atoms with Crippen LogP contribution in [-0.4, -0.2) is 93.0 Å². The highest BCUT2D eigenvalue weighted by Gasteiger charge is 2.42. The van der Waals surface area contributed by atoms with Gasteiger partial charge >= 0.3 is 0 Å². The van der Waals surface area contributed by atoms with Gasteiger partial charge in [-0.1, -0.05) is 25.1 Å². The molecule has 0 saturated carbocycles. The molecule has 0 spiro atoms. The number of ether oxygens (including phenoxy) is 1. The molecule has 0 aliphatic carbocycles. The standard InChI is InChI=1S/C30H36N4O6S2/c1-18(27(16-31)42(38,39)32-17-24-29(36)28(35)19(2)30(37)40-24)25-8-9-26(41-25)22-5-4-21-15-23(7-6-20(21)14-22)34-12-10-33(3)11-13-34/h4-9,14-15,19,24,28-30,32,35-37H,10-13,17H2,1-3H3/b27-18+/t19-,24-,28-,29-,30?/m1/s1. The third kappa shape index (κ3) is 6.24. The van der Waals surface area contributed by atoms with E-state index in [1.54, 1.807) is 19.1 Å². The maximum absolute atomic E-state index is 13.1. The molecular weight excluding hydrogens is 576 g/mol. The van der Waals surface area contributed by atoms with Gasteiger partial charge in [0.2, 0.25) is 0 Å². The van der Waals surface area contributed by atoms with Crippen LogP contribution in [0.1, 0.15) is 18.7 Å². The zero-order valence-electron chi connectivity index (χ0n) is 23.8. The Bertz CT molecular complexity index is 1620. The molecule has 0 bridgehead atoms. The van der Waals surface area contributed by atoms with Gasteiger partial charge < -0.3 is 29.9 Å². The number of nitrogens with zero attached hydrogens (tertiary/aromatic N) is 3. The van der Waals surface area contributed by atoms with Crippen molar-refractivity contribution in [1.29, 1.82) is 5.26 Å². The van der Waals surface area contributed by atoms with Crippen LogP contribution in [0.5, 0.6) is 0 Å². The zero-order valence-corrected chi connectivity index (χ0v) is 25.4. The fraction of sp³-hybridized carbons (Fsp3) is 0.433. The molecule has 1 aromatic heterocycles. The number of likely N-dealkylation sites (N-methyl/N-ethyl adjacent to an activating group) is 1. The first kappa shape index (κ1) is 30.6. The van der Waals surface area contributed by atoms with Crippen LogP contribution in [-0.2, 0) is 14.8 Å². The van der Waals surface area contributed by atoms with Gasteiger partial charge in [-0.05, 0) is 66.2 Å². The fourth-order valence-electron chi connectivity index (χ4n) is 5.32. The highest BCUT2D eigenvalue weighted by molar-refractivity contribution is 7.93. The van der Waals surface area contributed by atoms with Crippen LogP contribution in [0.25, 0.3) is 26.8 Å². The minimum Gasteiger partial charge on any atom is -0.390 e. The Hall–Kier alpha value is -2.86. The molecule has 10 nitrogen and oxygen atoms in total. The number of nitrogens with one attached hydrogen (secondary N) is 1. The Balaban J connectivity index is 1.32. The summed E-state index contributed by atoms with van der Waals surface area (Å²) in [7, 11) is -2.14. The lowest BCUT2D eigenvalue weighted by Gasteiger charge is -2.39. The smallest absolute Gasteiger partial charge is 0.251 e. The van der Waals surface area contributed by atoms with E-state index in [0.29, 0.717) is 4.88 Å². The van der Waals surface area contributed by atoms with Crippen molar-refractivity contribution >= 4 is 43.4 Å². The summed E-state index contributed by atoms with van der Waals surface area (Å²) in [5, 5.41) is 42.4. The second-order valence-corrected chi connectivity index (χ2v) is 13.8. The van der Waals surface area contributed by atoms with Gasteiger partial charge in [0.25, 0.3) is 10.0 Å². The summed E-state index contributed by atoms with van der Waals surface area (Å²) in [6.07, 6.45) is -5.22. The number of rotatable bonds is 7. The Morgan fingerprint density at radius 2 is 1.74 bits per heavy atom. The van der Waals surface area contributed by atoms with Crippen LogP contribution in [0.4, 0.5) is 5.69 Å². The fourth-order valence-corrected chi connectivity index (χ4v) is 7.55. The zero-order chi connectivity index (χ0) is 30.2. The monoisotopic (exact) mass is 612 g/mol. The lowest BCUT2D eigenvalue weighted by molar-refractivity contribution is -0.257. The molecule has 42 heavy (non-hydrogen) atoms. The second kappa shape index (κ2) is 12.4. The Morgan fingerprint density at radius 1 is 1.05 bits per heavy atom. The molecule has 2 aromatic carbocycles. The van der Waals surface area contributed by atoms with Gasteiger partial charge in [-0.15, -0.1) is 11.3 Å². The summed E-state index contributed by atoms with van der Waals surface area (Å²) < 4.78 is 33.7. The summed E-state index contributed by atoms with van der Waals surface area (Å²) >= 11 is 1.39. The van der Waals surface area contributed by atoms with Crippen molar-refractivity contribution < 1.29 is 28.5 Å². The van der Waals surface area contributed by atoms with Gasteiger partial charge in [-0.25, -0.2) is 13.1 Å². The highest BCUT2D eigenvalue weighted by Crippen LogP contribution is 2.36. The van der Waals surface area contributed by atoms with Crippen molar-refractivity contribution in [1.82, 2.24) is 9.62 Å². The first-order chi connectivity index (χ1) is 20.0. The van der Waals surface area contributed by atoms with Gasteiger partial charge in [-0.3, -0.25) is 0 Å². The largest absolute Gasteiger partial charge is 0.390 e. The first-order valence-corrected chi connectivity index (χ1v) is 16.2. The number of aliphatic hydroxyl groups excluding tert-OH is 3. The molecule has 4 N–H and O–H groups in total. The number of anilines is 1. The molecule has 2 aliphatic rings. The maximum Gasteiger partial charge on any atom is 0.251 e. The van der Waals surface area contributed by atoms with Crippen LogP contribution in [0, 0.1) is 17.2 Å². The number of thiophene rings is 1. The van der Waals surface area contributed by atoms with E-state index in [9.17, 15) is 29.0 Å². The first-order valence-electron chi connectivity index (χ1n) is 13.9. The van der Waals surface area contributed by atoms with Crippen molar-refractivity contribution in [3.63, 3.8) is 0 Å². The third-order valence-electron chi connectivity index (χ3n) is 8.17. The molecule has 3 aromatic rings. The highest BCUT2D eigenvalue weighted by atomic mass is 32.2. The van der Waals surface area contributed by atoms with Gasteiger partial charge in [0.05, 0.1) is 6.10 Å². The van der Waals surface area contributed by atoms with Gasteiger partial charge in [0.1, 0.15) is 18.3 Å². The van der Waals surface area contributed by atoms with E-state index in [1.807, 2.05) is 12.1 Å². The molecule has 2 saturated heterocycles. The molecule has 3 heterocycles. The minimum atomic E-state index is -4.28. The van der Waals surface area contributed by atoms with Gasteiger partial charge in [0, 0.05) is 54.1 Å². The molecule has 224 valence electrons. The molecule has 2 aliphatic heterocycles. The Morgan fingerprint density at radius 3 is 2.45 bits per heavy atom. The Labute approximate surface area is 250 Å². The molecule has 0 amide bonds. The van der Waals surface area contributed by atoms with E-state index >= 15 is 0 Å². The average molecular weight is 613 g/mol. The second-order valence-electron chi connectivity index (χ2n) is 11.0. The van der Waals surface area contributed by atoms with Crippen molar-refractivity contribution in [2.75, 3.05) is 44.7 Å². The number of sulfonamides is 1. The lowest BCUT2D eigenvalue weighted by atomic mass is 9.92. The van der Waals surface area contributed by atoms with Gasteiger partial charge in [-0.2, -0.15) is 5.26 Å². The summed E-state index contributed by atoms with van der Waals surface area (Å²) in [5.41, 5.74) is 2.50. The van der Waals surface area contributed by atoms with Crippen LogP contribution in [0.15, 0.2) is 53.4 Å². The topological polar surface area (TPSA) is 146 Å². The number of hydrogen-bond donors (Lipinski definition) is 4. The van der Waals surface area contributed by atoms with E-state index in [0.717, 1.165) is 47.4 Å². The number of fused-ring (bicyclic) bond motifs is 1. The van der Waals surface area contributed by atoms with E-state index < -0.39 is 52.0 Å². The number of hydrogen-bond acceptors (Lipinski definition) is 10. The molecule has 1 unspecified atom stereocenters. The predicted octanol–water partition coefficient (Wildman–Crippen LogP) is 2.57. The van der Waals surface area contributed by atoms with E-state index in [2.05, 4.69) is 51.9 Å². The molecular formula is C30H36N4O6S2. The van der Waals surface area contributed by atoms with Crippen LogP contribution < -0.4 is 9.62 Å². The van der Waals surface area contributed by atoms with Crippen LogP contribution in [0.3, 0.4) is 0 Å². The van der Waals surface area contributed by atoms with Crippen LogP contribution in [0.2, 0.25) is 0 Å². The predicted molar refractivity (Wildman–Crippen MR) is 164 cm³/mol. The van der Waals surface area contributed by atoms with Crippen molar-refractivity contribution in [3.05, 3.63) is 58.3 Å². The number of benzene rings is 2. The third-order valence-corrected chi connectivity index (χ3v) is 10.9. The number of piperazine rings is 1. The normalized spacial score (nSPS) is 26.2. The number of nitriles is 1. The van der Waals surface area contributed by atoms with E-state index in [-0.39, 0.29) is 5.57 Å². The van der Waals surface area contributed by atoms with Crippen LogP contribution >= 0.6 is 11.3 Å². The molecule has 0 radical (unpaired) electrons.